The van der Waals surface area contributed by atoms with Crippen molar-refractivity contribution in [2.45, 2.75) is 23.6 Å². The summed E-state index contributed by atoms with van der Waals surface area (Å²) < 4.78 is 10.2. The molecule has 3 rings (SSSR count). The minimum absolute atomic E-state index is 0.111. The average molecular weight is 400 g/mol. The number of hydrogen-bond donors (Lipinski definition) is 2. The number of nitrogens with one attached hydrogen (secondary N) is 2. The Labute approximate surface area is 166 Å². The van der Waals surface area contributed by atoms with Gasteiger partial charge in [-0.3, -0.25) is 9.59 Å². The minimum Gasteiger partial charge on any atom is -0.497 e. The molecule has 8 heteroatoms. The van der Waals surface area contributed by atoms with Gasteiger partial charge in [-0.1, -0.05) is 12.1 Å². The van der Waals surface area contributed by atoms with Crippen molar-refractivity contribution in [2.24, 2.45) is 0 Å². The van der Waals surface area contributed by atoms with Gasteiger partial charge in [-0.05, 0) is 42.8 Å². The molecule has 2 aromatic rings. The molecule has 2 aromatic carbocycles. The molecule has 1 atom stereocenters. The Morgan fingerprint density at radius 2 is 2.04 bits per heavy atom. The number of methoxy groups -OCH3 is 1. The number of hydrogen-bond acceptors (Lipinski definition) is 6. The third-order valence-electron chi connectivity index (χ3n) is 4.10. The molecule has 0 spiro atoms. The van der Waals surface area contributed by atoms with Crippen LogP contribution in [0.3, 0.4) is 0 Å². The van der Waals surface area contributed by atoms with Crippen LogP contribution in [0.4, 0.5) is 5.69 Å². The molecule has 1 aliphatic heterocycles. The average Bonchev–Trinajstić information content (AvgIpc) is 2.71. The number of carbonyl (C=O) groups excluding carboxylic acids is 3. The zero-order chi connectivity index (χ0) is 20.1. The Hall–Kier alpha value is -3.00. The second-order valence-corrected chi connectivity index (χ2v) is 7.55. The zero-order valence-electron chi connectivity index (χ0n) is 15.5. The highest BCUT2D eigenvalue weighted by atomic mass is 32.2. The van der Waals surface area contributed by atoms with E-state index in [0.29, 0.717) is 18.0 Å². The third-order valence-corrected chi connectivity index (χ3v) is 5.28. The summed E-state index contributed by atoms with van der Waals surface area (Å²) >= 11 is 1.43. The van der Waals surface area contributed by atoms with Crippen LogP contribution in [0.25, 0.3) is 0 Å². The lowest BCUT2D eigenvalue weighted by Gasteiger charge is -2.21. The lowest BCUT2D eigenvalue weighted by molar-refractivity contribution is -0.124. The van der Waals surface area contributed by atoms with Crippen LogP contribution < -0.4 is 15.4 Å². The highest BCUT2D eigenvalue weighted by Crippen LogP contribution is 2.36. The molecule has 146 valence electrons. The second-order valence-electron chi connectivity index (χ2n) is 6.16. The van der Waals surface area contributed by atoms with Crippen LogP contribution in [0.15, 0.2) is 47.4 Å². The first-order valence-corrected chi connectivity index (χ1v) is 9.52. The molecular formula is C20H20N2O5S. The van der Waals surface area contributed by atoms with Crippen molar-refractivity contribution in [3.63, 3.8) is 0 Å². The monoisotopic (exact) mass is 400 g/mol. The fourth-order valence-corrected chi connectivity index (χ4v) is 3.51. The summed E-state index contributed by atoms with van der Waals surface area (Å²) in [6, 6.07) is 12.2. The predicted molar refractivity (Wildman–Crippen MR) is 106 cm³/mol. The van der Waals surface area contributed by atoms with Gasteiger partial charge in [0.05, 0.1) is 23.6 Å². The van der Waals surface area contributed by atoms with E-state index in [4.69, 9.17) is 9.47 Å². The van der Waals surface area contributed by atoms with E-state index in [-0.39, 0.29) is 16.7 Å². The van der Waals surface area contributed by atoms with Crippen LogP contribution in [0.2, 0.25) is 0 Å². The Balaban J connectivity index is 1.51. The van der Waals surface area contributed by atoms with Gasteiger partial charge in [0.1, 0.15) is 5.75 Å². The smallest absolute Gasteiger partial charge is 0.338 e. The van der Waals surface area contributed by atoms with Gasteiger partial charge in [-0.15, -0.1) is 11.8 Å². The lowest BCUT2D eigenvalue weighted by atomic mass is 10.2. The number of amides is 2. The van der Waals surface area contributed by atoms with Gasteiger partial charge in [-0.2, -0.15) is 0 Å². The number of esters is 1. The van der Waals surface area contributed by atoms with E-state index >= 15 is 0 Å². The molecular weight excluding hydrogens is 380 g/mol. The fraction of sp³-hybridized carbons (Fsp3) is 0.250. The molecule has 2 amide bonds. The van der Waals surface area contributed by atoms with E-state index in [9.17, 15) is 14.4 Å². The Morgan fingerprint density at radius 3 is 2.82 bits per heavy atom. The molecule has 0 fully saturated rings. The molecule has 0 bridgehead atoms. The van der Waals surface area contributed by atoms with E-state index in [1.165, 1.54) is 11.8 Å². The van der Waals surface area contributed by atoms with E-state index in [1.54, 1.807) is 25.3 Å². The molecule has 0 aromatic heterocycles. The van der Waals surface area contributed by atoms with Crippen molar-refractivity contribution in [3.8, 4) is 5.75 Å². The van der Waals surface area contributed by atoms with Crippen LogP contribution >= 0.6 is 11.8 Å². The largest absolute Gasteiger partial charge is 0.497 e. The highest BCUT2D eigenvalue weighted by molar-refractivity contribution is 8.00. The van der Waals surface area contributed by atoms with Gasteiger partial charge in [0, 0.05) is 11.4 Å². The maximum Gasteiger partial charge on any atom is 0.338 e. The molecule has 0 saturated heterocycles. The Kier molecular flexibility index (Phi) is 6.20. The number of ether oxygens (including phenoxy) is 2. The van der Waals surface area contributed by atoms with Gasteiger partial charge in [-0.25, -0.2) is 4.79 Å². The van der Waals surface area contributed by atoms with E-state index in [1.807, 2.05) is 31.2 Å². The zero-order valence-corrected chi connectivity index (χ0v) is 16.3. The first kappa shape index (κ1) is 19.8. The maximum atomic E-state index is 12.2. The summed E-state index contributed by atoms with van der Waals surface area (Å²) in [6.45, 7) is 1.72. The Bertz CT molecular complexity index is 915. The molecule has 7 nitrogen and oxygen atoms in total. The topological polar surface area (TPSA) is 93.7 Å². The molecule has 0 aliphatic carbocycles. The summed E-state index contributed by atoms with van der Waals surface area (Å²) in [7, 11) is 1.57. The van der Waals surface area contributed by atoms with Crippen molar-refractivity contribution in [1.82, 2.24) is 5.32 Å². The van der Waals surface area contributed by atoms with Gasteiger partial charge >= 0.3 is 5.97 Å². The normalized spacial score (nSPS) is 15.2. The molecule has 0 radical (unpaired) electrons. The van der Waals surface area contributed by atoms with E-state index in [2.05, 4.69) is 10.6 Å². The quantitative estimate of drug-likeness (QED) is 0.724. The van der Waals surface area contributed by atoms with Crippen molar-refractivity contribution in [2.75, 3.05) is 19.0 Å². The maximum absolute atomic E-state index is 12.2. The van der Waals surface area contributed by atoms with Crippen molar-refractivity contribution in [1.29, 1.82) is 0 Å². The molecule has 1 unspecified atom stereocenters. The molecule has 1 heterocycles. The first-order chi connectivity index (χ1) is 13.5. The summed E-state index contributed by atoms with van der Waals surface area (Å²) in [5.41, 5.74) is 1.72. The number of rotatable bonds is 6. The van der Waals surface area contributed by atoms with Gasteiger partial charge in [0.2, 0.25) is 5.91 Å². The Morgan fingerprint density at radius 1 is 1.21 bits per heavy atom. The summed E-state index contributed by atoms with van der Waals surface area (Å²) in [6.07, 6.45) is 0. The van der Waals surface area contributed by atoms with Crippen LogP contribution in [0.1, 0.15) is 22.8 Å². The fourth-order valence-electron chi connectivity index (χ4n) is 2.58. The summed E-state index contributed by atoms with van der Waals surface area (Å²) in [4.78, 5) is 36.8. The van der Waals surface area contributed by atoms with Crippen LogP contribution in [0, 0.1) is 0 Å². The van der Waals surface area contributed by atoms with Crippen molar-refractivity contribution < 1.29 is 23.9 Å². The lowest BCUT2D eigenvalue weighted by Crippen LogP contribution is -2.28. The molecule has 0 saturated carbocycles. The van der Waals surface area contributed by atoms with E-state index in [0.717, 1.165) is 10.5 Å². The SMILES string of the molecule is COc1cccc(CNC(=O)COC(=O)c2ccc3c(c2)NC(=O)C(C)S3)c1. The van der Waals surface area contributed by atoms with Crippen LogP contribution in [-0.4, -0.2) is 36.8 Å². The van der Waals surface area contributed by atoms with Gasteiger partial charge in [0.15, 0.2) is 6.61 Å². The summed E-state index contributed by atoms with van der Waals surface area (Å²) in [5.74, 6) is -0.450. The molecule has 28 heavy (non-hydrogen) atoms. The van der Waals surface area contributed by atoms with Crippen molar-refractivity contribution in [3.05, 3.63) is 53.6 Å². The number of anilines is 1. The number of thioether (sulfide) groups is 1. The van der Waals surface area contributed by atoms with Gasteiger partial charge < -0.3 is 20.1 Å². The number of fused-ring (bicyclic) bond motifs is 1. The van der Waals surface area contributed by atoms with Crippen molar-refractivity contribution >= 4 is 35.2 Å². The molecule has 1 aliphatic rings. The number of carbonyl (C=O) groups is 3. The number of benzene rings is 2. The third kappa shape index (κ3) is 4.83. The molecule has 2 N–H and O–H groups in total. The van der Waals surface area contributed by atoms with E-state index < -0.39 is 18.5 Å². The highest BCUT2D eigenvalue weighted by Gasteiger charge is 2.24. The summed E-state index contributed by atoms with van der Waals surface area (Å²) in [5, 5.41) is 5.26. The van der Waals surface area contributed by atoms with Crippen LogP contribution in [-0.2, 0) is 20.9 Å². The standard InChI is InChI=1S/C20H20N2O5S/c1-12-19(24)22-16-9-14(6-7-17(16)28-12)20(25)27-11-18(23)21-10-13-4-3-5-15(8-13)26-2/h3-9,12H,10-11H2,1-2H3,(H,21,23)(H,22,24). The van der Waals surface area contributed by atoms with Crippen LogP contribution in [0.5, 0.6) is 5.75 Å². The van der Waals surface area contributed by atoms with Gasteiger partial charge in [0.25, 0.3) is 5.91 Å². The predicted octanol–water partition coefficient (Wildman–Crippen LogP) is 2.60. The minimum atomic E-state index is -0.628. The second kappa shape index (κ2) is 8.79. The first-order valence-electron chi connectivity index (χ1n) is 8.64.